The predicted octanol–water partition coefficient (Wildman–Crippen LogP) is 4.80. The van der Waals surface area contributed by atoms with Crippen LogP contribution >= 0.6 is 23.5 Å². The van der Waals surface area contributed by atoms with Gasteiger partial charge in [0.05, 0.1) is 7.11 Å². The zero-order valence-corrected chi connectivity index (χ0v) is 21.9. The van der Waals surface area contributed by atoms with Crippen molar-refractivity contribution in [3.05, 3.63) is 47.5 Å². The van der Waals surface area contributed by atoms with Crippen LogP contribution in [0, 0.1) is 0 Å². The van der Waals surface area contributed by atoms with E-state index in [2.05, 4.69) is 57.4 Å². The lowest BCUT2D eigenvalue weighted by molar-refractivity contribution is -0.133. The van der Waals surface area contributed by atoms with Crippen LogP contribution in [0.1, 0.15) is 36.4 Å². The molecular weight excluding hydrogens is 462 g/mol. The molecule has 1 unspecified atom stereocenters. The van der Waals surface area contributed by atoms with Gasteiger partial charge in [0.2, 0.25) is 5.91 Å². The van der Waals surface area contributed by atoms with Crippen molar-refractivity contribution >= 4 is 29.4 Å². The molecule has 0 N–H and O–H groups in total. The van der Waals surface area contributed by atoms with Gasteiger partial charge in [-0.1, -0.05) is 17.8 Å². The molecule has 1 atom stereocenters. The largest absolute Gasteiger partial charge is 0.497 e. The van der Waals surface area contributed by atoms with E-state index >= 15 is 0 Å². The average molecular weight is 498 g/mol. The lowest BCUT2D eigenvalue weighted by atomic mass is 9.96. The monoisotopic (exact) mass is 497 g/mol. The molecule has 2 aromatic rings. The molecular formula is C27H35N3O2S2. The first-order chi connectivity index (χ1) is 16.6. The van der Waals surface area contributed by atoms with Crippen LogP contribution in [0.3, 0.4) is 0 Å². The highest BCUT2D eigenvalue weighted by atomic mass is 32.2. The Morgan fingerprint density at radius 2 is 1.85 bits per heavy atom. The minimum absolute atomic E-state index is 0.345. The summed E-state index contributed by atoms with van der Waals surface area (Å²) in [5.41, 5.74) is 2.86. The molecule has 3 aliphatic heterocycles. The molecule has 2 saturated heterocycles. The second kappa shape index (κ2) is 10.9. The minimum Gasteiger partial charge on any atom is -0.497 e. The van der Waals surface area contributed by atoms with Gasteiger partial charge in [-0.25, -0.2) is 0 Å². The molecule has 182 valence electrons. The van der Waals surface area contributed by atoms with Crippen molar-refractivity contribution < 1.29 is 9.53 Å². The van der Waals surface area contributed by atoms with Crippen molar-refractivity contribution in [2.24, 2.45) is 0 Å². The Kier molecular flexibility index (Phi) is 7.74. The van der Waals surface area contributed by atoms with Gasteiger partial charge in [-0.05, 0) is 67.0 Å². The van der Waals surface area contributed by atoms with Crippen molar-refractivity contribution in [3.63, 3.8) is 0 Å². The van der Waals surface area contributed by atoms with Crippen LogP contribution in [0.15, 0.2) is 51.1 Å². The summed E-state index contributed by atoms with van der Waals surface area (Å²) in [5, 5.41) is 0. The number of fused-ring (bicyclic) bond motifs is 2. The fraction of sp³-hybridized carbons (Fsp3) is 0.519. The number of carbonyl (C=O) groups is 1. The number of carbonyl (C=O) groups excluding carboxylic acids is 1. The Hall–Kier alpha value is -1.67. The van der Waals surface area contributed by atoms with Gasteiger partial charge in [0.1, 0.15) is 5.75 Å². The van der Waals surface area contributed by atoms with Gasteiger partial charge < -0.3 is 9.64 Å². The van der Waals surface area contributed by atoms with Crippen LogP contribution in [0.4, 0.5) is 0 Å². The van der Waals surface area contributed by atoms with Crippen molar-refractivity contribution in [1.29, 1.82) is 0 Å². The summed E-state index contributed by atoms with van der Waals surface area (Å²) < 4.78 is 5.52. The lowest BCUT2D eigenvalue weighted by Crippen LogP contribution is -2.50. The number of hydrogen-bond donors (Lipinski definition) is 0. The van der Waals surface area contributed by atoms with Gasteiger partial charge in [0, 0.05) is 73.0 Å². The molecule has 1 amide bonds. The van der Waals surface area contributed by atoms with Gasteiger partial charge in [-0.2, -0.15) is 0 Å². The predicted molar refractivity (Wildman–Crippen MR) is 140 cm³/mol. The molecule has 0 saturated carbocycles. The standard InChI is InChI=1S/C27H35N3O2S2/c1-32-21-7-6-20-17-24(23-19-22(33-2)8-9-25(23)34-26(20)18-21)29-14-11-28(12-15-29)13-16-30-10-4-3-5-27(30)31/h6-9,18-19,24H,3-5,10-17H2,1-2H3. The summed E-state index contributed by atoms with van der Waals surface area (Å²) in [6.07, 6.45) is 6.14. The van der Waals surface area contributed by atoms with Crippen LogP contribution in [0.5, 0.6) is 5.75 Å². The Bertz CT molecular complexity index is 1020. The van der Waals surface area contributed by atoms with E-state index in [-0.39, 0.29) is 0 Å². The van der Waals surface area contributed by atoms with Crippen molar-refractivity contribution in [1.82, 2.24) is 14.7 Å². The average Bonchev–Trinajstić information content (AvgIpc) is 3.04. The van der Waals surface area contributed by atoms with E-state index in [1.54, 1.807) is 7.11 Å². The summed E-state index contributed by atoms with van der Waals surface area (Å²) in [7, 11) is 1.74. The number of piperidine rings is 1. The highest BCUT2D eigenvalue weighted by molar-refractivity contribution is 7.99. The minimum atomic E-state index is 0.345. The Morgan fingerprint density at radius 3 is 2.62 bits per heavy atom. The number of likely N-dealkylation sites (tertiary alicyclic amines) is 1. The second-order valence-electron chi connectivity index (χ2n) is 9.41. The number of rotatable bonds is 6. The zero-order chi connectivity index (χ0) is 23.5. The number of amides is 1. The molecule has 3 heterocycles. The third-order valence-electron chi connectivity index (χ3n) is 7.44. The highest BCUT2D eigenvalue weighted by Crippen LogP contribution is 2.45. The van der Waals surface area contributed by atoms with Crippen LogP contribution in [-0.4, -0.2) is 79.8 Å². The molecule has 3 aliphatic rings. The lowest BCUT2D eigenvalue weighted by Gasteiger charge is -2.40. The smallest absolute Gasteiger partial charge is 0.222 e. The maximum atomic E-state index is 12.2. The first-order valence-electron chi connectivity index (χ1n) is 12.4. The van der Waals surface area contributed by atoms with Crippen LogP contribution in [0.25, 0.3) is 0 Å². The Balaban J connectivity index is 1.30. The summed E-state index contributed by atoms with van der Waals surface area (Å²) in [6, 6.07) is 13.9. The first kappa shape index (κ1) is 24.0. The number of benzene rings is 2. The Morgan fingerprint density at radius 1 is 1.00 bits per heavy atom. The molecule has 2 fully saturated rings. The Labute approximate surface area is 212 Å². The molecule has 0 radical (unpaired) electrons. The van der Waals surface area contributed by atoms with Gasteiger partial charge in [-0.15, -0.1) is 11.8 Å². The molecule has 2 aromatic carbocycles. The highest BCUT2D eigenvalue weighted by Gasteiger charge is 2.31. The van der Waals surface area contributed by atoms with E-state index < -0.39 is 0 Å². The van der Waals surface area contributed by atoms with Gasteiger partial charge >= 0.3 is 0 Å². The summed E-state index contributed by atoms with van der Waals surface area (Å²) >= 11 is 3.70. The number of methoxy groups -OCH3 is 1. The fourth-order valence-corrected chi connectivity index (χ4v) is 6.95. The molecule has 5 rings (SSSR count). The topological polar surface area (TPSA) is 36.0 Å². The van der Waals surface area contributed by atoms with Crippen LogP contribution < -0.4 is 4.74 Å². The van der Waals surface area contributed by atoms with Crippen molar-refractivity contribution in [2.75, 3.05) is 59.2 Å². The zero-order valence-electron chi connectivity index (χ0n) is 20.3. The maximum Gasteiger partial charge on any atom is 0.222 e. The molecule has 5 nitrogen and oxygen atoms in total. The van der Waals surface area contributed by atoms with Crippen LogP contribution in [0.2, 0.25) is 0 Å². The number of ether oxygens (including phenoxy) is 1. The third-order valence-corrected chi connectivity index (χ3v) is 9.36. The third kappa shape index (κ3) is 5.27. The number of nitrogens with zero attached hydrogens (tertiary/aromatic N) is 3. The van der Waals surface area contributed by atoms with E-state index in [1.165, 1.54) is 25.8 Å². The second-order valence-corrected chi connectivity index (χ2v) is 11.4. The molecule has 0 aromatic heterocycles. The molecule has 0 aliphatic carbocycles. The van der Waals surface area contributed by atoms with E-state index in [4.69, 9.17) is 4.74 Å². The number of piperazine rings is 1. The normalized spacial score (nSPS) is 21.6. The van der Waals surface area contributed by atoms with Gasteiger partial charge in [-0.3, -0.25) is 14.6 Å². The first-order valence-corrected chi connectivity index (χ1v) is 14.5. The summed E-state index contributed by atoms with van der Waals surface area (Å²) in [5.74, 6) is 1.27. The summed E-state index contributed by atoms with van der Waals surface area (Å²) in [4.78, 5) is 23.5. The van der Waals surface area contributed by atoms with E-state index in [0.717, 1.165) is 77.2 Å². The number of thioether (sulfide) groups is 1. The maximum absolute atomic E-state index is 12.2. The van der Waals surface area contributed by atoms with E-state index in [9.17, 15) is 4.79 Å². The van der Waals surface area contributed by atoms with Gasteiger partial charge in [0.25, 0.3) is 0 Å². The SMILES string of the molecule is COc1ccc2c(c1)Sc1ccc(SC)cc1C(N1CCN(CCN3CCCCC3=O)CC1)C2. The van der Waals surface area contributed by atoms with E-state index in [1.807, 2.05) is 23.5 Å². The molecule has 34 heavy (non-hydrogen) atoms. The summed E-state index contributed by atoms with van der Waals surface area (Å²) in [6.45, 7) is 7.09. The molecule has 7 heteroatoms. The van der Waals surface area contributed by atoms with Crippen LogP contribution in [-0.2, 0) is 11.2 Å². The van der Waals surface area contributed by atoms with E-state index in [0.29, 0.717) is 11.9 Å². The van der Waals surface area contributed by atoms with Crippen molar-refractivity contribution in [3.8, 4) is 5.75 Å². The quantitative estimate of drug-likeness (QED) is 0.534. The number of hydrogen-bond acceptors (Lipinski definition) is 6. The molecule has 0 spiro atoms. The van der Waals surface area contributed by atoms with Gasteiger partial charge in [0.15, 0.2) is 0 Å². The molecule has 0 bridgehead atoms. The fourth-order valence-electron chi connectivity index (χ4n) is 5.35. The van der Waals surface area contributed by atoms with Crippen molar-refractivity contribution in [2.45, 2.75) is 46.4 Å².